The van der Waals surface area contributed by atoms with E-state index in [2.05, 4.69) is 10.2 Å². The van der Waals surface area contributed by atoms with Crippen molar-refractivity contribution in [1.82, 2.24) is 10.2 Å². The zero-order valence-corrected chi connectivity index (χ0v) is 12.9. The highest BCUT2D eigenvalue weighted by atomic mass is 32.1. The summed E-state index contributed by atoms with van der Waals surface area (Å²) in [5, 5.41) is 2.91. The number of halogens is 1. The molecule has 1 aromatic carbocycles. The van der Waals surface area contributed by atoms with Crippen LogP contribution >= 0.6 is 12.2 Å². The summed E-state index contributed by atoms with van der Waals surface area (Å²) in [4.78, 5) is 14.8. The van der Waals surface area contributed by atoms with E-state index < -0.39 is 5.82 Å². The first-order valence-corrected chi connectivity index (χ1v) is 7.45. The fraction of sp³-hybridized carbons (Fsp3) is 0.467. The summed E-state index contributed by atoms with van der Waals surface area (Å²) >= 11 is 4.89. The van der Waals surface area contributed by atoms with E-state index in [4.69, 9.17) is 18.0 Å². The van der Waals surface area contributed by atoms with Gasteiger partial charge in [-0.2, -0.15) is 0 Å². The number of carbonyl (C=O) groups is 1. The minimum Gasteiger partial charge on any atom is -0.392 e. The van der Waals surface area contributed by atoms with Gasteiger partial charge in [-0.3, -0.25) is 9.69 Å². The van der Waals surface area contributed by atoms with Crippen molar-refractivity contribution in [1.29, 1.82) is 0 Å². The largest absolute Gasteiger partial charge is 0.392 e. The summed E-state index contributed by atoms with van der Waals surface area (Å²) in [5.74, 6) is -0.787. The normalized spacial score (nSPS) is 16.7. The van der Waals surface area contributed by atoms with Gasteiger partial charge in [-0.05, 0) is 31.4 Å². The third-order valence-electron chi connectivity index (χ3n) is 3.74. The minimum atomic E-state index is -0.444. The van der Waals surface area contributed by atoms with Crippen molar-refractivity contribution in [2.75, 3.05) is 19.6 Å². The Kier molecular flexibility index (Phi) is 5.25. The van der Waals surface area contributed by atoms with Crippen molar-refractivity contribution in [2.45, 2.75) is 25.8 Å². The molecule has 114 valence electrons. The van der Waals surface area contributed by atoms with Crippen LogP contribution in [0.4, 0.5) is 4.39 Å². The topological polar surface area (TPSA) is 58.4 Å². The van der Waals surface area contributed by atoms with Gasteiger partial charge >= 0.3 is 0 Å². The number of amides is 1. The number of nitrogens with two attached hydrogens (primary N) is 1. The molecular weight excluding hydrogens is 289 g/mol. The van der Waals surface area contributed by atoms with Crippen LogP contribution < -0.4 is 11.1 Å². The van der Waals surface area contributed by atoms with Crippen LogP contribution in [0.1, 0.15) is 28.8 Å². The molecular formula is C15H20FN3OS. The summed E-state index contributed by atoms with van der Waals surface area (Å²) in [6, 6.07) is 4.93. The zero-order valence-electron chi connectivity index (χ0n) is 12.1. The number of hydrogen-bond acceptors (Lipinski definition) is 3. The molecule has 6 heteroatoms. The van der Waals surface area contributed by atoms with Crippen LogP contribution in [0.3, 0.4) is 0 Å². The van der Waals surface area contributed by atoms with Crippen LogP contribution in [0.5, 0.6) is 0 Å². The van der Waals surface area contributed by atoms with Crippen LogP contribution in [0.2, 0.25) is 0 Å². The SMILES string of the molecule is Cc1cccc(C(=O)NC2CCN(CC(N)=S)CC2)c1F. The number of thiocarbonyl (C=S) groups is 1. The van der Waals surface area contributed by atoms with Crippen molar-refractivity contribution < 1.29 is 9.18 Å². The van der Waals surface area contributed by atoms with E-state index in [9.17, 15) is 9.18 Å². The molecule has 0 bridgehead atoms. The lowest BCUT2D eigenvalue weighted by Gasteiger charge is -2.32. The summed E-state index contributed by atoms with van der Waals surface area (Å²) in [5.41, 5.74) is 6.12. The third kappa shape index (κ3) is 4.22. The van der Waals surface area contributed by atoms with Gasteiger partial charge < -0.3 is 11.1 Å². The molecule has 1 aromatic rings. The predicted octanol–water partition coefficient (Wildman–Crippen LogP) is 1.61. The standard InChI is InChI=1S/C15H20FN3OS/c1-10-3-2-4-12(14(10)16)15(20)18-11-5-7-19(8-6-11)9-13(17)21/h2-4,11H,5-9H2,1H3,(H2,17,21)(H,18,20). The molecule has 0 aliphatic carbocycles. The number of nitrogens with zero attached hydrogens (tertiary/aromatic N) is 1. The fourth-order valence-corrected chi connectivity index (χ4v) is 2.72. The molecule has 0 saturated carbocycles. The highest BCUT2D eigenvalue weighted by Crippen LogP contribution is 2.14. The van der Waals surface area contributed by atoms with Crippen LogP contribution in [-0.4, -0.2) is 41.5 Å². The molecule has 1 amide bonds. The van der Waals surface area contributed by atoms with Gasteiger partial charge in [0.2, 0.25) is 0 Å². The van der Waals surface area contributed by atoms with Gasteiger partial charge in [0.05, 0.1) is 10.6 Å². The Morgan fingerprint density at radius 2 is 2.14 bits per heavy atom. The molecule has 0 radical (unpaired) electrons. The summed E-state index contributed by atoms with van der Waals surface area (Å²) in [7, 11) is 0. The van der Waals surface area contributed by atoms with E-state index in [1.54, 1.807) is 19.1 Å². The average molecular weight is 309 g/mol. The maximum atomic E-state index is 13.9. The Labute approximate surface area is 129 Å². The van der Waals surface area contributed by atoms with Crippen LogP contribution in [0.15, 0.2) is 18.2 Å². The van der Waals surface area contributed by atoms with Crippen molar-refractivity contribution >= 4 is 23.1 Å². The van der Waals surface area contributed by atoms with Crippen molar-refractivity contribution in [2.24, 2.45) is 5.73 Å². The maximum absolute atomic E-state index is 13.9. The lowest BCUT2D eigenvalue weighted by Crippen LogP contribution is -2.46. The molecule has 2 rings (SSSR count). The zero-order chi connectivity index (χ0) is 15.4. The summed E-state index contributed by atoms with van der Waals surface area (Å²) in [6.45, 7) is 3.93. The van der Waals surface area contributed by atoms with Gasteiger partial charge in [0.15, 0.2) is 0 Å². The highest BCUT2D eigenvalue weighted by Gasteiger charge is 2.22. The van der Waals surface area contributed by atoms with E-state index in [0.29, 0.717) is 17.1 Å². The maximum Gasteiger partial charge on any atom is 0.254 e. The molecule has 1 fully saturated rings. The predicted molar refractivity (Wildman–Crippen MR) is 84.9 cm³/mol. The Bertz CT molecular complexity index is 542. The number of hydrogen-bond donors (Lipinski definition) is 2. The average Bonchev–Trinajstić information content (AvgIpc) is 2.43. The number of carbonyl (C=O) groups excluding carboxylic acids is 1. The molecule has 1 heterocycles. The van der Waals surface area contributed by atoms with E-state index in [-0.39, 0.29) is 17.5 Å². The monoisotopic (exact) mass is 309 g/mol. The van der Waals surface area contributed by atoms with E-state index in [0.717, 1.165) is 25.9 Å². The Morgan fingerprint density at radius 1 is 1.48 bits per heavy atom. The minimum absolute atomic E-state index is 0.0695. The van der Waals surface area contributed by atoms with Gasteiger partial charge in [-0.15, -0.1) is 0 Å². The number of benzene rings is 1. The molecule has 1 saturated heterocycles. The first-order chi connectivity index (χ1) is 9.97. The molecule has 0 aromatic heterocycles. The molecule has 3 N–H and O–H groups in total. The smallest absolute Gasteiger partial charge is 0.254 e. The Morgan fingerprint density at radius 3 is 2.76 bits per heavy atom. The number of piperidine rings is 1. The van der Waals surface area contributed by atoms with Gasteiger partial charge in [0.1, 0.15) is 5.82 Å². The molecule has 0 unspecified atom stereocenters. The van der Waals surface area contributed by atoms with Crippen molar-refractivity contribution in [3.05, 3.63) is 35.1 Å². The molecule has 1 aliphatic rings. The van der Waals surface area contributed by atoms with Gasteiger partial charge in [-0.25, -0.2) is 4.39 Å². The first kappa shape index (κ1) is 15.9. The highest BCUT2D eigenvalue weighted by molar-refractivity contribution is 7.80. The second kappa shape index (κ2) is 6.95. The third-order valence-corrected chi connectivity index (χ3v) is 3.87. The van der Waals surface area contributed by atoms with Crippen molar-refractivity contribution in [3.8, 4) is 0 Å². The molecule has 0 atom stereocenters. The van der Waals surface area contributed by atoms with Gasteiger partial charge in [0, 0.05) is 25.7 Å². The summed E-state index contributed by atoms with van der Waals surface area (Å²) < 4.78 is 13.9. The lowest BCUT2D eigenvalue weighted by atomic mass is 10.0. The van der Waals surface area contributed by atoms with Crippen molar-refractivity contribution in [3.63, 3.8) is 0 Å². The van der Waals surface area contributed by atoms with Crippen LogP contribution in [-0.2, 0) is 0 Å². The van der Waals surface area contributed by atoms with E-state index in [1.165, 1.54) is 6.07 Å². The number of nitrogens with one attached hydrogen (secondary N) is 1. The second-order valence-electron chi connectivity index (χ2n) is 5.43. The Hall–Kier alpha value is -1.53. The summed E-state index contributed by atoms with van der Waals surface area (Å²) in [6.07, 6.45) is 1.64. The van der Waals surface area contributed by atoms with Crippen LogP contribution in [0.25, 0.3) is 0 Å². The van der Waals surface area contributed by atoms with E-state index in [1.807, 2.05) is 0 Å². The number of rotatable bonds is 4. The fourth-order valence-electron chi connectivity index (χ4n) is 2.54. The van der Waals surface area contributed by atoms with Gasteiger partial charge in [-0.1, -0.05) is 24.4 Å². The molecule has 0 spiro atoms. The Balaban J connectivity index is 1.90. The lowest BCUT2D eigenvalue weighted by molar-refractivity contribution is 0.0910. The van der Waals surface area contributed by atoms with Crippen LogP contribution in [0, 0.1) is 12.7 Å². The quantitative estimate of drug-likeness (QED) is 0.830. The molecule has 4 nitrogen and oxygen atoms in total. The first-order valence-electron chi connectivity index (χ1n) is 7.04. The number of likely N-dealkylation sites (tertiary alicyclic amines) is 1. The number of aryl methyl sites for hydroxylation is 1. The second-order valence-corrected chi connectivity index (χ2v) is 5.95. The van der Waals surface area contributed by atoms with E-state index >= 15 is 0 Å². The molecule has 21 heavy (non-hydrogen) atoms. The molecule has 1 aliphatic heterocycles. The van der Waals surface area contributed by atoms with Gasteiger partial charge in [0.25, 0.3) is 5.91 Å².